The first kappa shape index (κ1) is 17.7. The van der Waals surface area contributed by atoms with E-state index < -0.39 is 5.60 Å². The maximum Gasteiger partial charge on any atom is 0.224 e. The highest BCUT2D eigenvalue weighted by Crippen LogP contribution is 2.11. The summed E-state index contributed by atoms with van der Waals surface area (Å²) in [6.45, 7) is 6.29. The normalized spacial score (nSPS) is 13.7. The largest absolute Gasteiger partial charge is 0.388 e. The highest BCUT2D eigenvalue weighted by Gasteiger charge is 2.19. The maximum atomic E-state index is 11.9. The monoisotopic (exact) mass is 291 g/mol. The number of hydrogen-bond acceptors (Lipinski definition) is 2. The highest BCUT2D eigenvalue weighted by atomic mass is 16.3. The zero-order valence-corrected chi connectivity index (χ0v) is 13.6. The van der Waals surface area contributed by atoms with Gasteiger partial charge in [-0.25, -0.2) is 0 Å². The molecule has 1 aromatic rings. The van der Waals surface area contributed by atoms with Crippen molar-refractivity contribution >= 4 is 5.91 Å². The van der Waals surface area contributed by atoms with Gasteiger partial charge in [-0.15, -0.1) is 0 Å². The second kappa shape index (κ2) is 8.83. The van der Waals surface area contributed by atoms with E-state index in [1.807, 2.05) is 19.1 Å². The lowest BCUT2D eigenvalue weighted by atomic mass is 10.0. The third-order valence-corrected chi connectivity index (χ3v) is 3.66. The number of aryl methyl sites for hydroxylation is 1. The topological polar surface area (TPSA) is 49.3 Å². The summed E-state index contributed by atoms with van der Waals surface area (Å²) in [7, 11) is 0. The second-order valence-corrected chi connectivity index (χ2v) is 6.12. The van der Waals surface area contributed by atoms with Gasteiger partial charge in [0, 0.05) is 6.54 Å². The number of nitrogens with one attached hydrogen (secondary N) is 1. The van der Waals surface area contributed by atoms with E-state index in [1.54, 1.807) is 6.92 Å². The fraction of sp³-hybridized carbons (Fsp3) is 0.611. The Kier molecular flexibility index (Phi) is 7.44. The Balaban J connectivity index is 2.40. The van der Waals surface area contributed by atoms with Crippen LogP contribution in [0.3, 0.4) is 0 Å². The number of amides is 1. The first-order valence-electron chi connectivity index (χ1n) is 8.03. The molecule has 0 spiro atoms. The molecule has 0 saturated carbocycles. The van der Waals surface area contributed by atoms with Crippen LogP contribution in [0.1, 0.15) is 57.6 Å². The Labute approximate surface area is 128 Å². The van der Waals surface area contributed by atoms with Crippen molar-refractivity contribution in [2.75, 3.05) is 6.54 Å². The molecule has 0 radical (unpaired) electrons. The molecule has 0 aliphatic carbocycles. The van der Waals surface area contributed by atoms with Crippen LogP contribution in [-0.4, -0.2) is 23.2 Å². The molecule has 118 valence electrons. The number of unbranched alkanes of at least 4 members (excludes halogenated alkanes) is 1. The van der Waals surface area contributed by atoms with Crippen molar-refractivity contribution in [3.05, 3.63) is 35.4 Å². The van der Waals surface area contributed by atoms with Gasteiger partial charge in [-0.1, -0.05) is 51.0 Å². The molecule has 0 aliphatic rings. The maximum absolute atomic E-state index is 11.9. The summed E-state index contributed by atoms with van der Waals surface area (Å²) >= 11 is 0. The molecule has 3 heteroatoms. The molecular weight excluding hydrogens is 262 g/mol. The number of rotatable bonds is 9. The van der Waals surface area contributed by atoms with E-state index in [2.05, 4.69) is 24.4 Å². The smallest absolute Gasteiger partial charge is 0.224 e. The number of hydrogen-bond donors (Lipinski definition) is 2. The summed E-state index contributed by atoms with van der Waals surface area (Å²) in [6, 6.07) is 8.25. The van der Waals surface area contributed by atoms with Gasteiger partial charge in [0.15, 0.2) is 0 Å². The third-order valence-electron chi connectivity index (χ3n) is 3.66. The van der Waals surface area contributed by atoms with Gasteiger partial charge in [0.25, 0.3) is 0 Å². The van der Waals surface area contributed by atoms with Gasteiger partial charge in [-0.3, -0.25) is 4.79 Å². The van der Waals surface area contributed by atoms with Crippen molar-refractivity contribution < 1.29 is 9.90 Å². The third kappa shape index (κ3) is 7.28. The summed E-state index contributed by atoms with van der Waals surface area (Å²) in [4.78, 5) is 11.9. The first-order valence-corrected chi connectivity index (χ1v) is 8.03. The molecule has 0 saturated heterocycles. The van der Waals surface area contributed by atoms with E-state index in [1.165, 1.54) is 18.4 Å². The van der Waals surface area contributed by atoms with E-state index >= 15 is 0 Å². The molecule has 0 aliphatic heterocycles. The van der Waals surface area contributed by atoms with Crippen LogP contribution in [0.25, 0.3) is 0 Å². The van der Waals surface area contributed by atoms with Crippen LogP contribution in [-0.2, 0) is 17.6 Å². The van der Waals surface area contributed by atoms with Gasteiger partial charge in [-0.2, -0.15) is 0 Å². The van der Waals surface area contributed by atoms with Gasteiger partial charge in [-0.05, 0) is 37.3 Å². The van der Waals surface area contributed by atoms with Crippen LogP contribution in [0.5, 0.6) is 0 Å². The van der Waals surface area contributed by atoms with Gasteiger partial charge >= 0.3 is 0 Å². The van der Waals surface area contributed by atoms with Crippen LogP contribution >= 0.6 is 0 Å². The molecule has 1 amide bonds. The van der Waals surface area contributed by atoms with Crippen LogP contribution in [0.4, 0.5) is 0 Å². The van der Waals surface area contributed by atoms with Gasteiger partial charge in [0.2, 0.25) is 5.91 Å². The SMILES string of the molecule is CCCCc1ccc(CC(=O)NCC(C)(O)CCC)cc1. The van der Waals surface area contributed by atoms with Crippen molar-refractivity contribution in [1.29, 1.82) is 0 Å². The van der Waals surface area contributed by atoms with Crippen LogP contribution in [0, 0.1) is 0 Å². The average molecular weight is 291 g/mol. The van der Waals surface area contributed by atoms with Gasteiger partial charge < -0.3 is 10.4 Å². The van der Waals surface area contributed by atoms with E-state index in [0.29, 0.717) is 19.4 Å². The Morgan fingerprint density at radius 3 is 2.33 bits per heavy atom. The number of carbonyl (C=O) groups is 1. The van der Waals surface area contributed by atoms with Gasteiger partial charge in [0.1, 0.15) is 0 Å². The Hall–Kier alpha value is -1.35. The minimum Gasteiger partial charge on any atom is -0.388 e. The standard InChI is InChI=1S/C18H29NO2/c1-4-6-7-15-8-10-16(11-9-15)13-17(20)19-14-18(3,21)12-5-2/h8-11,21H,4-7,12-14H2,1-3H3,(H,19,20). The lowest BCUT2D eigenvalue weighted by molar-refractivity contribution is -0.121. The zero-order valence-electron chi connectivity index (χ0n) is 13.6. The van der Waals surface area contributed by atoms with Crippen molar-refractivity contribution in [2.45, 2.75) is 64.9 Å². The quantitative estimate of drug-likeness (QED) is 0.734. The minimum atomic E-state index is -0.811. The molecule has 0 bridgehead atoms. The van der Waals surface area contributed by atoms with E-state index in [4.69, 9.17) is 0 Å². The number of carbonyl (C=O) groups excluding carboxylic acids is 1. The summed E-state index contributed by atoms with van der Waals surface area (Å²) < 4.78 is 0. The Bertz CT molecular complexity index is 423. The van der Waals surface area contributed by atoms with Crippen molar-refractivity contribution in [2.24, 2.45) is 0 Å². The zero-order chi connectivity index (χ0) is 15.7. The number of aliphatic hydroxyl groups is 1. The molecule has 0 heterocycles. The summed E-state index contributed by atoms with van der Waals surface area (Å²) in [5.74, 6) is -0.0345. The Morgan fingerprint density at radius 2 is 1.76 bits per heavy atom. The molecule has 1 unspecified atom stereocenters. The predicted molar refractivity (Wildman–Crippen MR) is 87.3 cm³/mol. The first-order chi connectivity index (χ1) is 9.96. The minimum absolute atomic E-state index is 0.0345. The van der Waals surface area contributed by atoms with E-state index in [0.717, 1.165) is 18.4 Å². The van der Waals surface area contributed by atoms with E-state index in [9.17, 15) is 9.90 Å². The fourth-order valence-electron chi connectivity index (χ4n) is 2.37. The van der Waals surface area contributed by atoms with Crippen LogP contribution < -0.4 is 5.32 Å². The molecule has 2 N–H and O–H groups in total. The van der Waals surface area contributed by atoms with Crippen molar-refractivity contribution in [3.8, 4) is 0 Å². The second-order valence-electron chi connectivity index (χ2n) is 6.12. The lowest BCUT2D eigenvalue weighted by Gasteiger charge is -2.22. The van der Waals surface area contributed by atoms with Crippen molar-refractivity contribution in [3.63, 3.8) is 0 Å². The summed E-state index contributed by atoms with van der Waals surface area (Å²) in [6.07, 6.45) is 5.47. The van der Waals surface area contributed by atoms with Crippen molar-refractivity contribution in [1.82, 2.24) is 5.32 Å². The molecule has 0 aromatic heterocycles. The number of benzene rings is 1. The molecule has 0 fully saturated rings. The van der Waals surface area contributed by atoms with Gasteiger partial charge in [0.05, 0.1) is 12.0 Å². The molecule has 1 aromatic carbocycles. The average Bonchev–Trinajstić information content (AvgIpc) is 2.44. The molecule has 1 rings (SSSR count). The highest BCUT2D eigenvalue weighted by molar-refractivity contribution is 5.78. The molecule has 3 nitrogen and oxygen atoms in total. The van der Waals surface area contributed by atoms with Crippen LogP contribution in [0.15, 0.2) is 24.3 Å². The lowest BCUT2D eigenvalue weighted by Crippen LogP contribution is -2.41. The molecular formula is C18H29NO2. The molecule has 1 atom stereocenters. The predicted octanol–water partition coefficient (Wildman–Crippen LogP) is 3.24. The van der Waals surface area contributed by atoms with E-state index in [-0.39, 0.29) is 5.91 Å². The summed E-state index contributed by atoms with van der Waals surface area (Å²) in [5.41, 5.74) is 1.53. The summed E-state index contributed by atoms with van der Waals surface area (Å²) in [5, 5.41) is 12.8. The Morgan fingerprint density at radius 1 is 1.14 bits per heavy atom. The fourth-order valence-corrected chi connectivity index (χ4v) is 2.37. The van der Waals surface area contributed by atoms with Crippen LogP contribution in [0.2, 0.25) is 0 Å². The molecule has 21 heavy (non-hydrogen) atoms.